The number of ether oxygens (including phenoxy) is 1. The Morgan fingerprint density at radius 1 is 1.30 bits per heavy atom. The third kappa shape index (κ3) is 4.95. The number of amides is 1. The Balaban J connectivity index is 2.09. The van der Waals surface area contributed by atoms with Crippen LogP contribution in [0.5, 0.6) is 5.75 Å². The van der Waals surface area contributed by atoms with Gasteiger partial charge in [0.25, 0.3) is 0 Å². The van der Waals surface area contributed by atoms with E-state index in [1.54, 1.807) is 30.3 Å². The molecule has 0 bridgehead atoms. The molecular weight excluding hydrogens is 304 g/mol. The number of carbonyl (C=O) groups is 1. The summed E-state index contributed by atoms with van der Waals surface area (Å²) in [4.78, 5) is 12.0. The van der Waals surface area contributed by atoms with Crippen LogP contribution < -0.4 is 10.1 Å². The Labute approximate surface area is 132 Å². The Bertz CT molecular complexity index is 654. The molecule has 23 heavy (non-hydrogen) atoms. The fourth-order valence-electron chi connectivity index (χ4n) is 2.14. The maximum absolute atomic E-state index is 12.5. The molecule has 122 valence electrons. The van der Waals surface area contributed by atoms with Gasteiger partial charge in [0.15, 0.2) is 0 Å². The first-order chi connectivity index (χ1) is 11.1. The van der Waals surface area contributed by atoms with E-state index in [0.29, 0.717) is 17.7 Å². The van der Waals surface area contributed by atoms with Crippen LogP contribution in [0.4, 0.5) is 8.78 Å². The average Bonchev–Trinajstić information content (AvgIpc) is 3.04. The minimum absolute atomic E-state index is 0.0599. The molecule has 1 atom stereocenters. The standard InChI is InChI=1S/C17H17F2NO3/c1-2-14(13-7-3-4-8-15(13)23-17(18)19)20-16(21)10-9-12-6-5-11-22-12/h3-11,14,17H,2H2,1H3,(H,20,21)/b10-9+/t14-/m1/s1. The number of nitrogens with one attached hydrogen (secondary N) is 1. The molecule has 0 radical (unpaired) electrons. The number of benzene rings is 1. The maximum atomic E-state index is 12.5. The van der Waals surface area contributed by atoms with Crippen LogP contribution >= 0.6 is 0 Å². The molecule has 1 aromatic carbocycles. The van der Waals surface area contributed by atoms with Crippen molar-refractivity contribution in [1.82, 2.24) is 5.32 Å². The normalized spacial score (nSPS) is 12.5. The number of carbonyl (C=O) groups excluding carboxylic acids is 1. The number of halogens is 2. The van der Waals surface area contributed by atoms with Crippen LogP contribution in [0.2, 0.25) is 0 Å². The second-order valence-corrected chi connectivity index (χ2v) is 4.73. The molecule has 0 saturated heterocycles. The summed E-state index contributed by atoms with van der Waals surface area (Å²) in [5, 5.41) is 2.77. The quantitative estimate of drug-likeness (QED) is 0.779. The monoisotopic (exact) mass is 321 g/mol. The molecule has 0 unspecified atom stereocenters. The molecule has 0 aliphatic rings. The van der Waals surface area contributed by atoms with Crippen molar-refractivity contribution in [1.29, 1.82) is 0 Å². The lowest BCUT2D eigenvalue weighted by Gasteiger charge is -2.19. The van der Waals surface area contributed by atoms with Gasteiger partial charge in [-0.1, -0.05) is 25.1 Å². The summed E-state index contributed by atoms with van der Waals surface area (Å²) in [6, 6.07) is 9.42. The van der Waals surface area contributed by atoms with E-state index >= 15 is 0 Å². The van der Waals surface area contributed by atoms with Crippen LogP contribution in [-0.2, 0) is 4.79 Å². The van der Waals surface area contributed by atoms with E-state index in [4.69, 9.17) is 4.42 Å². The van der Waals surface area contributed by atoms with E-state index in [1.165, 1.54) is 24.5 Å². The SMILES string of the molecule is CC[C@@H](NC(=O)/C=C/c1ccco1)c1ccccc1OC(F)F. The van der Waals surface area contributed by atoms with Crippen molar-refractivity contribution < 1.29 is 22.7 Å². The first kappa shape index (κ1) is 16.7. The van der Waals surface area contributed by atoms with Gasteiger partial charge in [0.1, 0.15) is 11.5 Å². The highest BCUT2D eigenvalue weighted by molar-refractivity contribution is 5.91. The molecule has 0 saturated carbocycles. The van der Waals surface area contributed by atoms with Crippen LogP contribution in [0.3, 0.4) is 0 Å². The van der Waals surface area contributed by atoms with Gasteiger partial charge < -0.3 is 14.5 Å². The summed E-state index contributed by atoms with van der Waals surface area (Å²) in [7, 11) is 0. The highest BCUT2D eigenvalue weighted by Crippen LogP contribution is 2.28. The molecule has 4 nitrogen and oxygen atoms in total. The number of furan rings is 1. The molecule has 1 amide bonds. The molecule has 0 spiro atoms. The Kier molecular flexibility index (Phi) is 5.91. The summed E-state index contributed by atoms with van der Waals surface area (Å²) < 4.78 is 34.6. The number of para-hydroxylation sites is 1. The van der Waals surface area contributed by atoms with Gasteiger partial charge in [-0.2, -0.15) is 8.78 Å². The van der Waals surface area contributed by atoms with Crippen LogP contribution in [0.15, 0.2) is 53.2 Å². The van der Waals surface area contributed by atoms with Gasteiger partial charge in [0, 0.05) is 11.6 Å². The minimum atomic E-state index is -2.91. The fourth-order valence-corrected chi connectivity index (χ4v) is 2.14. The van der Waals surface area contributed by atoms with Gasteiger partial charge in [-0.15, -0.1) is 0 Å². The van der Waals surface area contributed by atoms with Crippen molar-refractivity contribution in [2.45, 2.75) is 26.0 Å². The largest absolute Gasteiger partial charge is 0.465 e. The van der Waals surface area contributed by atoms with E-state index < -0.39 is 12.7 Å². The molecule has 0 aliphatic carbocycles. The van der Waals surface area contributed by atoms with Gasteiger partial charge in [0.05, 0.1) is 12.3 Å². The lowest BCUT2D eigenvalue weighted by Crippen LogP contribution is -2.27. The van der Waals surface area contributed by atoms with Gasteiger partial charge >= 0.3 is 6.61 Å². The molecule has 0 fully saturated rings. The first-order valence-corrected chi connectivity index (χ1v) is 7.16. The predicted octanol–water partition coefficient (Wildman–Crippen LogP) is 4.16. The topological polar surface area (TPSA) is 51.5 Å². The zero-order valence-corrected chi connectivity index (χ0v) is 12.5. The van der Waals surface area contributed by atoms with Crippen molar-refractivity contribution in [2.24, 2.45) is 0 Å². The lowest BCUT2D eigenvalue weighted by atomic mass is 10.0. The van der Waals surface area contributed by atoms with Crippen LogP contribution in [0, 0.1) is 0 Å². The second-order valence-electron chi connectivity index (χ2n) is 4.73. The maximum Gasteiger partial charge on any atom is 0.387 e. The van der Waals surface area contributed by atoms with Crippen molar-refractivity contribution in [2.75, 3.05) is 0 Å². The molecule has 1 aromatic heterocycles. The minimum Gasteiger partial charge on any atom is -0.465 e. The van der Waals surface area contributed by atoms with E-state index in [2.05, 4.69) is 10.1 Å². The summed E-state index contributed by atoms with van der Waals surface area (Å²) in [5.41, 5.74) is 0.509. The zero-order chi connectivity index (χ0) is 16.7. The van der Waals surface area contributed by atoms with Crippen LogP contribution in [0.1, 0.15) is 30.7 Å². The van der Waals surface area contributed by atoms with Crippen LogP contribution in [-0.4, -0.2) is 12.5 Å². The number of hydrogen-bond donors (Lipinski definition) is 1. The number of rotatable bonds is 7. The van der Waals surface area contributed by atoms with Crippen LogP contribution in [0.25, 0.3) is 6.08 Å². The zero-order valence-electron chi connectivity index (χ0n) is 12.5. The number of hydrogen-bond acceptors (Lipinski definition) is 3. The molecule has 6 heteroatoms. The van der Waals surface area contributed by atoms with Crippen molar-refractivity contribution in [3.8, 4) is 5.75 Å². The van der Waals surface area contributed by atoms with E-state index in [9.17, 15) is 13.6 Å². The molecule has 2 aromatic rings. The first-order valence-electron chi connectivity index (χ1n) is 7.16. The van der Waals surface area contributed by atoms with Gasteiger partial charge in [-0.3, -0.25) is 4.79 Å². The number of alkyl halides is 2. The summed E-state index contributed by atoms with van der Waals surface area (Å²) in [6.07, 6.45) is 4.90. The summed E-state index contributed by atoms with van der Waals surface area (Å²) >= 11 is 0. The molecule has 1 heterocycles. The van der Waals surface area contributed by atoms with Crippen molar-refractivity contribution >= 4 is 12.0 Å². The molecule has 1 N–H and O–H groups in total. The molecule has 2 rings (SSSR count). The van der Waals surface area contributed by atoms with Gasteiger partial charge in [-0.25, -0.2) is 0 Å². The third-order valence-corrected chi connectivity index (χ3v) is 3.18. The Morgan fingerprint density at radius 2 is 2.09 bits per heavy atom. The van der Waals surface area contributed by atoms with Gasteiger partial charge in [0.2, 0.25) is 5.91 Å². The highest BCUT2D eigenvalue weighted by atomic mass is 19.3. The highest BCUT2D eigenvalue weighted by Gasteiger charge is 2.17. The average molecular weight is 321 g/mol. The van der Waals surface area contributed by atoms with Crippen molar-refractivity contribution in [3.63, 3.8) is 0 Å². The van der Waals surface area contributed by atoms with Gasteiger partial charge in [-0.05, 0) is 30.7 Å². The third-order valence-electron chi connectivity index (χ3n) is 3.18. The fraction of sp³-hybridized carbons (Fsp3) is 0.235. The Morgan fingerprint density at radius 3 is 2.74 bits per heavy atom. The lowest BCUT2D eigenvalue weighted by molar-refractivity contribution is -0.117. The smallest absolute Gasteiger partial charge is 0.387 e. The summed E-state index contributed by atoms with van der Waals surface area (Å²) in [5.74, 6) is 0.263. The van der Waals surface area contributed by atoms with E-state index in [-0.39, 0.29) is 11.7 Å². The van der Waals surface area contributed by atoms with E-state index in [1.807, 2.05) is 6.92 Å². The van der Waals surface area contributed by atoms with Crippen molar-refractivity contribution in [3.05, 3.63) is 60.1 Å². The Hall–Kier alpha value is -2.63. The van der Waals surface area contributed by atoms with E-state index in [0.717, 1.165) is 0 Å². The molecular formula is C17H17F2NO3. The molecule has 0 aliphatic heterocycles. The summed E-state index contributed by atoms with van der Waals surface area (Å²) in [6.45, 7) is -1.07. The second kappa shape index (κ2) is 8.12. The predicted molar refractivity (Wildman–Crippen MR) is 82.0 cm³/mol.